The SMILES string of the molecule is C=C1C(=O)OC1CCCCCCCCCc1ccccc1. The molecule has 2 heteroatoms. The summed E-state index contributed by atoms with van der Waals surface area (Å²) in [6, 6.07) is 10.7. The van der Waals surface area contributed by atoms with Gasteiger partial charge in [-0.1, -0.05) is 69.0 Å². The minimum atomic E-state index is -0.210. The zero-order valence-electron chi connectivity index (χ0n) is 12.9. The molecule has 0 aromatic heterocycles. The lowest BCUT2D eigenvalue weighted by atomic mass is 9.99. The first kappa shape index (κ1) is 15.8. The third-order valence-corrected chi connectivity index (χ3v) is 4.17. The second kappa shape index (κ2) is 8.66. The number of esters is 1. The molecule has 0 N–H and O–H groups in total. The topological polar surface area (TPSA) is 26.3 Å². The van der Waals surface area contributed by atoms with Crippen LogP contribution in [0.4, 0.5) is 0 Å². The highest BCUT2D eigenvalue weighted by Crippen LogP contribution is 2.24. The van der Waals surface area contributed by atoms with Crippen LogP contribution in [-0.4, -0.2) is 12.1 Å². The quantitative estimate of drug-likeness (QED) is 0.350. The zero-order chi connectivity index (χ0) is 14.9. The maximum absolute atomic E-state index is 10.9. The Hall–Kier alpha value is -1.57. The summed E-state index contributed by atoms with van der Waals surface area (Å²) < 4.78 is 5.01. The fraction of sp³-hybridized carbons (Fsp3) is 0.526. The van der Waals surface area contributed by atoms with Crippen LogP contribution in [0.25, 0.3) is 0 Å². The van der Waals surface area contributed by atoms with Gasteiger partial charge in [0.25, 0.3) is 0 Å². The first-order chi connectivity index (χ1) is 10.3. The molecular weight excluding hydrogens is 260 g/mol. The predicted octanol–water partition coefficient (Wildman–Crippen LogP) is 4.83. The largest absolute Gasteiger partial charge is 0.454 e. The maximum atomic E-state index is 10.9. The van der Waals surface area contributed by atoms with E-state index in [9.17, 15) is 4.79 Å². The highest BCUT2D eigenvalue weighted by atomic mass is 16.6. The molecule has 21 heavy (non-hydrogen) atoms. The first-order valence-corrected chi connectivity index (χ1v) is 8.21. The van der Waals surface area contributed by atoms with Gasteiger partial charge in [-0.2, -0.15) is 0 Å². The zero-order valence-corrected chi connectivity index (χ0v) is 12.9. The van der Waals surface area contributed by atoms with Gasteiger partial charge in [0.05, 0.1) is 5.57 Å². The molecule has 1 aliphatic rings. The fourth-order valence-corrected chi connectivity index (χ4v) is 2.77. The summed E-state index contributed by atoms with van der Waals surface area (Å²) in [6.07, 6.45) is 11.1. The molecule has 0 saturated carbocycles. The minimum absolute atomic E-state index is 0.0170. The minimum Gasteiger partial charge on any atom is -0.454 e. The van der Waals surface area contributed by atoms with Gasteiger partial charge in [0.15, 0.2) is 0 Å². The summed E-state index contributed by atoms with van der Waals surface area (Å²) in [5.41, 5.74) is 2.11. The molecule has 114 valence electrons. The highest BCUT2D eigenvalue weighted by molar-refractivity contribution is 5.94. The van der Waals surface area contributed by atoms with Crippen molar-refractivity contribution in [2.75, 3.05) is 0 Å². The number of rotatable bonds is 10. The van der Waals surface area contributed by atoms with Crippen molar-refractivity contribution in [3.8, 4) is 0 Å². The van der Waals surface area contributed by atoms with Crippen LogP contribution >= 0.6 is 0 Å². The summed E-state index contributed by atoms with van der Waals surface area (Å²) in [5.74, 6) is -0.210. The number of ether oxygens (including phenoxy) is 1. The van der Waals surface area contributed by atoms with E-state index in [4.69, 9.17) is 4.74 Å². The third kappa shape index (κ3) is 5.37. The molecule has 1 saturated heterocycles. The molecule has 0 aliphatic carbocycles. The van der Waals surface area contributed by atoms with Crippen molar-refractivity contribution < 1.29 is 9.53 Å². The van der Waals surface area contributed by atoms with E-state index in [2.05, 4.69) is 36.9 Å². The van der Waals surface area contributed by atoms with Gasteiger partial charge in [-0.3, -0.25) is 0 Å². The normalized spacial score (nSPS) is 17.4. The van der Waals surface area contributed by atoms with E-state index in [1.165, 1.54) is 50.5 Å². The molecular formula is C19H26O2. The van der Waals surface area contributed by atoms with Crippen LogP contribution in [-0.2, 0) is 16.0 Å². The number of carbonyl (C=O) groups excluding carboxylic acids is 1. The lowest BCUT2D eigenvalue weighted by molar-refractivity contribution is -0.156. The van der Waals surface area contributed by atoms with Crippen LogP contribution in [0.15, 0.2) is 42.5 Å². The van der Waals surface area contributed by atoms with Gasteiger partial charge in [0.2, 0.25) is 0 Å². The van der Waals surface area contributed by atoms with Crippen molar-refractivity contribution in [1.82, 2.24) is 0 Å². The third-order valence-electron chi connectivity index (χ3n) is 4.17. The van der Waals surface area contributed by atoms with E-state index in [1.54, 1.807) is 0 Å². The molecule has 0 bridgehead atoms. The Morgan fingerprint density at radius 3 is 2.14 bits per heavy atom. The van der Waals surface area contributed by atoms with Crippen LogP contribution in [0.5, 0.6) is 0 Å². The average molecular weight is 286 g/mol. The van der Waals surface area contributed by atoms with Gasteiger partial charge in [0, 0.05) is 0 Å². The van der Waals surface area contributed by atoms with Gasteiger partial charge in [-0.25, -0.2) is 4.79 Å². The van der Waals surface area contributed by atoms with E-state index in [1.807, 2.05) is 0 Å². The van der Waals surface area contributed by atoms with Crippen molar-refractivity contribution in [2.24, 2.45) is 0 Å². The number of unbranched alkanes of at least 4 members (excludes halogenated alkanes) is 6. The lowest BCUT2D eigenvalue weighted by Crippen LogP contribution is -2.35. The summed E-state index contributed by atoms with van der Waals surface area (Å²) in [4.78, 5) is 10.9. The van der Waals surface area contributed by atoms with Crippen molar-refractivity contribution in [3.63, 3.8) is 0 Å². The molecule has 0 amide bonds. The fourth-order valence-electron chi connectivity index (χ4n) is 2.77. The summed E-state index contributed by atoms with van der Waals surface area (Å²) in [7, 11) is 0. The first-order valence-electron chi connectivity index (χ1n) is 8.21. The number of hydrogen-bond acceptors (Lipinski definition) is 2. The summed E-state index contributed by atoms with van der Waals surface area (Å²) in [6.45, 7) is 3.72. The maximum Gasteiger partial charge on any atom is 0.337 e. The summed E-state index contributed by atoms with van der Waals surface area (Å²) in [5, 5.41) is 0. The Morgan fingerprint density at radius 1 is 0.905 bits per heavy atom. The molecule has 1 fully saturated rings. The van der Waals surface area contributed by atoms with Crippen LogP contribution in [0, 0.1) is 0 Å². The summed E-state index contributed by atoms with van der Waals surface area (Å²) >= 11 is 0. The Balaban J connectivity index is 1.37. The number of hydrogen-bond donors (Lipinski definition) is 0. The Kier molecular flexibility index (Phi) is 6.52. The Bertz CT molecular complexity index is 450. The molecule has 2 rings (SSSR count). The number of aryl methyl sites for hydroxylation is 1. The molecule has 1 atom stereocenters. The lowest BCUT2D eigenvalue weighted by Gasteiger charge is -2.27. The number of cyclic esters (lactones) is 1. The van der Waals surface area contributed by atoms with Gasteiger partial charge in [-0.15, -0.1) is 0 Å². The Morgan fingerprint density at radius 2 is 1.52 bits per heavy atom. The van der Waals surface area contributed by atoms with E-state index in [0.29, 0.717) is 5.57 Å². The average Bonchev–Trinajstić information content (AvgIpc) is 2.53. The number of benzene rings is 1. The molecule has 0 radical (unpaired) electrons. The van der Waals surface area contributed by atoms with E-state index in [-0.39, 0.29) is 12.1 Å². The molecule has 1 aromatic carbocycles. The predicted molar refractivity (Wildman–Crippen MR) is 86.1 cm³/mol. The van der Waals surface area contributed by atoms with E-state index < -0.39 is 0 Å². The molecule has 1 unspecified atom stereocenters. The van der Waals surface area contributed by atoms with Gasteiger partial charge in [0.1, 0.15) is 6.10 Å². The van der Waals surface area contributed by atoms with Crippen LogP contribution in [0.2, 0.25) is 0 Å². The highest BCUT2D eigenvalue weighted by Gasteiger charge is 2.32. The van der Waals surface area contributed by atoms with E-state index in [0.717, 1.165) is 12.8 Å². The molecule has 2 nitrogen and oxygen atoms in total. The van der Waals surface area contributed by atoms with Gasteiger partial charge < -0.3 is 4.74 Å². The molecule has 0 spiro atoms. The van der Waals surface area contributed by atoms with Crippen molar-refractivity contribution in [1.29, 1.82) is 0 Å². The van der Waals surface area contributed by atoms with Crippen LogP contribution in [0.3, 0.4) is 0 Å². The smallest absolute Gasteiger partial charge is 0.337 e. The molecule has 1 aliphatic heterocycles. The van der Waals surface area contributed by atoms with Gasteiger partial charge >= 0.3 is 5.97 Å². The van der Waals surface area contributed by atoms with Crippen molar-refractivity contribution >= 4 is 5.97 Å². The van der Waals surface area contributed by atoms with Crippen LogP contribution in [0.1, 0.15) is 56.9 Å². The standard InChI is InChI=1S/C19H26O2/c1-16-18(21-19(16)20)15-11-6-4-2-3-5-8-12-17-13-9-7-10-14-17/h7,9-10,13-14,18H,1-6,8,11-12,15H2. The number of carbonyl (C=O) groups is 1. The van der Waals surface area contributed by atoms with Crippen LogP contribution < -0.4 is 0 Å². The van der Waals surface area contributed by atoms with Gasteiger partial charge in [-0.05, 0) is 31.2 Å². The Labute approximate surface area is 128 Å². The molecule has 1 heterocycles. The second-order valence-electron chi connectivity index (χ2n) is 5.92. The van der Waals surface area contributed by atoms with E-state index >= 15 is 0 Å². The second-order valence-corrected chi connectivity index (χ2v) is 5.92. The van der Waals surface area contributed by atoms with Crippen molar-refractivity contribution in [3.05, 3.63) is 48.0 Å². The molecule has 1 aromatic rings. The van der Waals surface area contributed by atoms with Crippen molar-refractivity contribution in [2.45, 2.75) is 63.9 Å². The monoisotopic (exact) mass is 286 g/mol.